The number of Topliss-reactive ketones (excluding diaryl/α,β-unsaturated/α-hetero) is 1. The van der Waals surface area contributed by atoms with E-state index in [2.05, 4.69) is 41.2 Å². The van der Waals surface area contributed by atoms with Crippen LogP contribution in [0.1, 0.15) is 40.5 Å². The number of aromatic nitrogens is 5. The molecule has 7 rings (SSSR count). The van der Waals surface area contributed by atoms with Crippen molar-refractivity contribution >= 4 is 56.3 Å². The lowest BCUT2D eigenvalue weighted by Crippen LogP contribution is -2.40. The molecule has 226 valence electrons. The van der Waals surface area contributed by atoms with Crippen LogP contribution in [0.15, 0.2) is 53.5 Å². The number of ketones is 1. The van der Waals surface area contributed by atoms with Gasteiger partial charge in [-0.05, 0) is 104 Å². The van der Waals surface area contributed by atoms with E-state index in [0.29, 0.717) is 17.3 Å². The molecule has 0 radical (unpaired) electrons. The fourth-order valence-electron chi connectivity index (χ4n) is 6.37. The smallest absolute Gasteiger partial charge is 0.243 e. The Morgan fingerprint density at radius 3 is 2.59 bits per heavy atom. The van der Waals surface area contributed by atoms with Gasteiger partial charge in [0.05, 0.1) is 23.8 Å². The van der Waals surface area contributed by atoms with Gasteiger partial charge in [-0.3, -0.25) is 14.5 Å². The molecule has 2 aliphatic rings. The molecule has 5 heterocycles. The van der Waals surface area contributed by atoms with Crippen LogP contribution in [0.4, 0.5) is 5.82 Å². The quantitative estimate of drug-likeness (QED) is 0.148. The number of amides is 1. The number of likely N-dealkylation sites (tertiary alicyclic amines) is 1. The van der Waals surface area contributed by atoms with Crippen LogP contribution < -0.4 is 5.32 Å². The number of fused-ring (bicyclic) bond motifs is 3. The number of halogens is 1. The topological polar surface area (TPSA) is 114 Å². The number of rotatable bonds is 6. The van der Waals surface area contributed by atoms with Gasteiger partial charge < -0.3 is 14.7 Å². The van der Waals surface area contributed by atoms with Crippen molar-refractivity contribution in [3.8, 4) is 11.1 Å². The van der Waals surface area contributed by atoms with E-state index in [4.69, 9.17) is 0 Å². The molecule has 1 saturated carbocycles. The Kier molecular flexibility index (Phi) is 7.93. The Labute approximate surface area is 263 Å². The molecule has 1 aromatic carbocycles. The Morgan fingerprint density at radius 1 is 1.09 bits per heavy atom. The van der Waals surface area contributed by atoms with Crippen LogP contribution >= 0.6 is 15.9 Å². The van der Waals surface area contributed by atoms with Gasteiger partial charge in [0.2, 0.25) is 5.91 Å². The third-order valence-electron chi connectivity index (χ3n) is 8.54. The van der Waals surface area contributed by atoms with E-state index in [9.17, 15) is 14.4 Å². The number of aldehydes is 1. The van der Waals surface area contributed by atoms with Crippen LogP contribution in [0, 0.1) is 32.6 Å². The van der Waals surface area contributed by atoms with Gasteiger partial charge in [0.15, 0.2) is 11.4 Å². The van der Waals surface area contributed by atoms with E-state index in [-0.39, 0.29) is 24.3 Å². The Balaban J connectivity index is 0.000000167. The molecule has 10 nitrogen and oxygen atoms in total. The molecule has 4 aromatic heterocycles. The van der Waals surface area contributed by atoms with Crippen molar-refractivity contribution in [2.45, 2.75) is 46.7 Å². The summed E-state index contributed by atoms with van der Waals surface area (Å²) >= 11 is 3.33. The molecule has 1 aliphatic heterocycles. The number of anilines is 1. The molecule has 1 saturated heterocycles. The number of benzene rings is 1. The van der Waals surface area contributed by atoms with Gasteiger partial charge in [0.1, 0.15) is 16.7 Å². The maximum absolute atomic E-state index is 12.3. The van der Waals surface area contributed by atoms with Crippen molar-refractivity contribution in [3.05, 3.63) is 75.9 Å². The maximum atomic E-state index is 12.3. The molecule has 2 fully saturated rings. The summed E-state index contributed by atoms with van der Waals surface area (Å²) in [5.74, 6) is 2.01. The SMILES string of the molecule is CC(=O)c1cn(CC=O)c2c(C)cc(-c3cnc4cc(C)nn4c3)cc12.Cc1ccc(Br)nc1NC(=O)C1C2CC2CN1C. The zero-order valence-corrected chi connectivity index (χ0v) is 26.9. The zero-order chi connectivity index (χ0) is 31.3. The van der Waals surface area contributed by atoms with Crippen LogP contribution in [0.3, 0.4) is 0 Å². The predicted molar refractivity (Wildman–Crippen MR) is 173 cm³/mol. The normalized spacial score (nSPS) is 19.0. The lowest BCUT2D eigenvalue weighted by Gasteiger charge is -2.22. The molecule has 1 N–H and O–H groups in total. The van der Waals surface area contributed by atoms with Gasteiger partial charge in [-0.15, -0.1) is 0 Å². The van der Waals surface area contributed by atoms with E-state index in [1.165, 1.54) is 6.42 Å². The highest BCUT2D eigenvalue weighted by atomic mass is 79.9. The number of nitrogens with one attached hydrogen (secondary N) is 1. The molecule has 0 bridgehead atoms. The second-order valence-corrected chi connectivity index (χ2v) is 12.7. The Bertz CT molecular complexity index is 1940. The summed E-state index contributed by atoms with van der Waals surface area (Å²) in [7, 11) is 2.03. The number of hydrogen-bond acceptors (Lipinski definition) is 7. The molecule has 3 atom stereocenters. The standard InChI is InChI=1S/C20H18N4O2.C13H16BrN3O/c1-12-6-15(16-9-21-19-7-13(2)22-24(19)10-16)8-17-18(14(3)26)11-23(4-5-25)20(12)17;1-7-3-4-10(14)15-12(7)16-13(18)11-9-5-8(9)6-17(11)2/h5-11H,4H2,1-3H3;3-4,8-9,11H,5-6H2,1-2H3,(H,15,16,18). The number of aryl methyl sites for hydroxylation is 3. The van der Waals surface area contributed by atoms with E-state index >= 15 is 0 Å². The summed E-state index contributed by atoms with van der Waals surface area (Å²) in [6, 6.07) is 9.81. The number of piperidine rings is 1. The average Bonchev–Trinajstić information content (AvgIpc) is 3.29. The number of pyridine rings is 1. The van der Waals surface area contributed by atoms with Gasteiger partial charge in [-0.1, -0.05) is 6.07 Å². The van der Waals surface area contributed by atoms with Gasteiger partial charge in [-0.2, -0.15) is 5.10 Å². The first-order valence-electron chi connectivity index (χ1n) is 14.6. The van der Waals surface area contributed by atoms with Gasteiger partial charge >= 0.3 is 0 Å². The lowest BCUT2D eigenvalue weighted by molar-refractivity contribution is -0.120. The zero-order valence-electron chi connectivity index (χ0n) is 25.3. The van der Waals surface area contributed by atoms with Crippen molar-refractivity contribution < 1.29 is 14.4 Å². The molecule has 44 heavy (non-hydrogen) atoms. The van der Waals surface area contributed by atoms with Crippen molar-refractivity contribution in [1.29, 1.82) is 0 Å². The average molecular weight is 657 g/mol. The van der Waals surface area contributed by atoms with E-state index in [1.807, 2.05) is 75.1 Å². The largest absolute Gasteiger partial charge is 0.339 e. The summed E-state index contributed by atoms with van der Waals surface area (Å²) in [6.45, 7) is 8.69. The first-order valence-corrected chi connectivity index (χ1v) is 15.4. The van der Waals surface area contributed by atoms with Crippen molar-refractivity contribution in [2.75, 3.05) is 18.9 Å². The molecule has 1 amide bonds. The summed E-state index contributed by atoms with van der Waals surface area (Å²) in [4.78, 5) is 46.3. The van der Waals surface area contributed by atoms with Crippen molar-refractivity contribution in [3.63, 3.8) is 0 Å². The molecule has 11 heteroatoms. The number of carbonyl (C=O) groups is 3. The Hall–Kier alpha value is -4.22. The monoisotopic (exact) mass is 655 g/mol. The molecule has 3 unspecified atom stereocenters. The third kappa shape index (κ3) is 5.69. The Morgan fingerprint density at radius 2 is 1.89 bits per heavy atom. The highest BCUT2D eigenvalue weighted by Crippen LogP contribution is 2.49. The van der Waals surface area contributed by atoms with Crippen molar-refractivity contribution in [1.82, 2.24) is 29.0 Å². The summed E-state index contributed by atoms with van der Waals surface area (Å²) in [6.07, 6.45) is 7.55. The minimum absolute atomic E-state index is 0.0209. The maximum Gasteiger partial charge on any atom is 0.243 e. The van der Waals surface area contributed by atoms with E-state index < -0.39 is 0 Å². The van der Waals surface area contributed by atoms with Crippen molar-refractivity contribution in [2.24, 2.45) is 11.8 Å². The first-order chi connectivity index (χ1) is 21.0. The minimum Gasteiger partial charge on any atom is -0.339 e. The second-order valence-electron chi connectivity index (χ2n) is 11.9. The van der Waals surface area contributed by atoms with E-state index in [1.54, 1.807) is 17.6 Å². The van der Waals surface area contributed by atoms with Gasteiger partial charge in [-0.25, -0.2) is 14.5 Å². The van der Waals surface area contributed by atoms with Crippen LogP contribution in [0.2, 0.25) is 0 Å². The summed E-state index contributed by atoms with van der Waals surface area (Å²) < 4.78 is 4.33. The molecule has 5 aromatic rings. The molecular formula is C33H34BrN7O3. The summed E-state index contributed by atoms with van der Waals surface area (Å²) in [5.41, 5.74) is 7.11. The molecule has 1 aliphatic carbocycles. The van der Waals surface area contributed by atoms with Crippen LogP contribution in [-0.4, -0.2) is 66.7 Å². The fraction of sp³-hybridized carbons (Fsp3) is 0.333. The first kappa shape index (κ1) is 29.8. The minimum atomic E-state index is -0.0209. The van der Waals surface area contributed by atoms with Gasteiger partial charge in [0, 0.05) is 47.7 Å². The highest BCUT2D eigenvalue weighted by molar-refractivity contribution is 9.10. The summed E-state index contributed by atoms with van der Waals surface area (Å²) in [5, 5.41) is 8.23. The fourth-order valence-corrected chi connectivity index (χ4v) is 6.68. The van der Waals surface area contributed by atoms with Crippen LogP contribution in [-0.2, 0) is 16.1 Å². The number of likely N-dealkylation sites (N-methyl/N-ethyl adjacent to an activating group) is 1. The number of carbonyl (C=O) groups excluding carboxylic acids is 3. The second kappa shape index (κ2) is 11.7. The van der Waals surface area contributed by atoms with Crippen LogP contribution in [0.5, 0.6) is 0 Å². The van der Waals surface area contributed by atoms with Crippen LogP contribution in [0.25, 0.3) is 27.7 Å². The highest BCUT2D eigenvalue weighted by Gasteiger charge is 2.54. The lowest BCUT2D eigenvalue weighted by atomic mass is 10.0. The van der Waals surface area contributed by atoms with E-state index in [0.717, 1.165) is 67.8 Å². The molecule has 0 spiro atoms. The van der Waals surface area contributed by atoms with Gasteiger partial charge in [0.25, 0.3) is 0 Å². The number of hydrogen-bond donors (Lipinski definition) is 1. The third-order valence-corrected chi connectivity index (χ3v) is 8.98. The predicted octanol–water partition coefficient (Wildman–Crippen LogP) is 5.41. The molecular weight excluding hydrogens is 622 g/mol. The number of nitrogens with zero attached hydrogens (tertiary/aromatic N) is 6.